The zero-order valence-electron chi connectivity index (χ0n) is 13.4. The van der Waals surface area contributed by atoms with Gasteiger partial charge in [-0.2, -0.15) is 5.10 Å². The molecule has 0 aliphatic carbocycles. The van der Waals surface area contributed by atoms with Gasteiger partial charge < -0.3 is 14.4 Å². The van der Waals surface area contributed by atoms with Gasteiger partial charge in [-0.05, 0) is 19.3 Å². The number of piperazine rings is 1. The topological polar surface area (TPSA) is 83.6 Å². The fourth-order valence-corrected chi connectivity index (χ4v) is 2.98. The highest BCUT2D eigenvalue weighted by Gasteiger charge is 2.22. The number of carbonyl (C=O) groups is 1. The van der Waals surface area contributed by atoms with Crippen molar-refractivity contribution >= 4 is 5.91 Å². The maximum absolute atomic E-state index is 12.2. The lowest BCUT2D eigenvalue weighted by atomic mass is 10.1. The molecule has 3 rings (SSSR count). The molecule has 1 aromatic heterocycles. The maximum Gasteiger partial charge on any atom is 0.248 e. The summed E-state index contributed by atoms with van der Waals surface area (Å²) in [4.78, 5) is 20.4. The minimum Gasteiger partial charge on any atom is -0.376 e. The molecule has 1 amide bonds. The van der Waals surface area contributed by atoms with Gasteiger partial charge in [-0.25, -0.2) is 4.98 Å². The summed E-state index contributed by atoms with van der Waals surface area (Å²) < 4.78 is 11.1. The van der Waals surface area contributed by atoms with Crippen molar-refractivity contribution in [1.82, 2.24) is 25.0 Å². The van der Waals surface area contributed by atoms with E-state index in [0.717, 1.165) is 58.0 Å². The van der Waals surface area contributed by atoms with Crippen LogP contribution in [-0.2, 0) is 20.8 Å². The van der Waals surface area contributed by atoms with Crippen LogP contribution < -0.4 is 0 Å². The van der Waals surface area contributed by atoms with Gasteiger partial charge in [0.05, 0.1) is 19.3 Å². The van der Waals surface area contributed by atoms with Gasteiger partial charge >= 0.3 is 0 Å². The summed E-state index contributed by atoms with van der Waals surface area (Å²) >= 11 is 0. The average molecular weight is 323 g/mol. The van der Waals surface area contributed by atoms with E-state index in [2.05, 4.69) is 20.1 Å². The van der Waals surface area contributed by atoms with E-state index in [9.17, 15) is 4.79 Å². The van der Waals surface area contributed by atoms with E-state index < -0.39 is 0 Å². The number of ether oxygens (including phenoxy) is 2. The highest BCUT2D eigenvalue weighted by atomic mass is 16.5. The number of amides is 1. The van der Waals surface area contributed by atoms with Crippen LogP contribution in [0.1, 0.15) is 25.1 Å². The molecule has 2 aliphatic heterocycles. The molecule has 8 nitrogen and oxygen atoms in total. The van der Waals surface area contributed by atoms with Gasteiger partial charge in [-0.3, -0.25) is 14.8 Å². The van der Waals surface area contributed by atoms with Crippen molar-refractivity contribution in [3.8, 4) is 0 Å². The van der Waals surface area contributed by atoms with E-state index in [1.165, 1.54) is 12.7 Å². The lowest BCUT2D eigenvalue weighted by molar-refractivity contribution is -0.140. The first-order chi connectivity index (χ1) is 11.3. The second-order valence-electron chi connectivity index (χ2n) is 6.09. The molecule has 2 fully saturated rings. The largest absolute Gasteiger partial charge is 0.376 e. The fraction of sp³-hybridized carbons (Fsp3) is 0.800. The molecule has 1 N–H and O–H groups in total. The normalized spacial score (nSPS) is 23.1. The monoisotopic (exact) mass is 323 g/mol. The fourth-order valence-electron chi connectivity index (χ4n) is 2.98. The molecule has 8 heteroatoms. The van der Waals surface area contributed by atoms with Crippen LogP contribution >= 0.6 is 0 Å². The van der Waals surface area contributed by atoms with Crippen LogP contribution in [-0.4, -0.2) is 83.0 Å². The van der Waals surface area contributed by atoms with Crippen molar-refractivity contribution < 1.29 is 14.3 Å². The first kappa shape index (κ1) is 16.4. The number of carbonyl (C=O) groups excluding carboxylic acids is 1. The van der Waals surface area contributed by atoms with Crippen LogP contribution in [0, 0.1) is 0 Å². The van der Waals surface area contributed by atoms with Crippen molar-refractivity contribution in [1.29, 1.82) is 0 Å². The third-order valence-electron chi connectivity index (χ3n) is 4.37. The van der Waals surface area contributed by atoms with Crippen LogP contribution in [0.2, 0.25) is 0 Å². The summed E-state index contributed by atoms with van der Waals surface area (Å²) in [6.45, 7) is 5.40. The zero-order chi connectivity index (χ0) is 15.9. The van der Waals surface area contributed by atoms with Crippen LogP contribution in [0.5, 0.6) is 0 Å². The Kier molecular flexibility index (Phi) is 5.95. The highest BCUT2D eigenvalue weighted by molar-refractivity contribution is 5.77. The number of hydrogen-bond donors (Lipinski definition) is 1. The van der Waals surface area contributed by atoms with Crippen molar-refractivity contribution in [2.45, 2.75) is 31.9 Å². The third kappa shape index (κ3) is 4.98. The van der Waals surface area contributed by atoms with Gasteiger partial charge in [0.25, 0.3) is 0 Å². The lowest BCUT2D eigenvalue weighted by Gasteiger charge is -2.34. The second-order valence-corrected chi connectivity index (χ2v) is 6.09. The quantitative estimate of drug-likeness (QED) is 0.795. The molecule has 0 radical (unpaired) electrons. The Morgan fingerprint density at radius 2 is 2.22 bits per heavy atom. The van der Waals surface area contributed by atoms with Crippen LogP contribution in [0.3, 0.4) is 0 Å². The van der Waals surface area contributed by atoms with Crippen LogP contribution in [0.4, 0.5) is 0 Å². The summed E-state index contributed by atoms with van der Waals surface area (Å²) in [6.07, 6.45) is 5.04. The molecule has 3 heterocycles. The smallest absolute Gasteiger partial charge is 0.248 e. The Balaban J connectivity index is 1.31. The number of aromatic amines is 1. The van der Waals surface area contributed by atoms with Crippen LogP contribution in [0.25, 0.3) is 0 Å². The minimum atomic E-state index is 0.0696. The molecule has 0 bridgehead atoms. The first-order valence-electron chi connectivity index (χ1n) is 8.35. The van der Waals surface area contributed by atoms with Gasteiger partial charge in [0, 0.05) is 32.8 Å². The minimum absolute atomic E-state index is 0.0696. The molecule has 1 atom stereocenters. The first-order valence-corrected chi connectivity index (χ1v) is 8.35. The predicted molar refractivity (Wildman–Crippen MR) is 82.6 cm³/mol. The Bertz CT molecular complexity index is 467. The Hall–Kier alpha value is -1.51. The Labute approximate surface area is 136 Å². The van der Waals surface area contributed by atoms with Crippen molar-refractivity contribution in [3.63, 3.8) is 0 Å². The number of rotatable bonds is 6. The third-order valence-corrected chi connectivity index (χ3v) is 4.37. The van der Waals surface area contributed by atoms with Gasteiger partial charge in [-0.1, -0.05) is 0 Å². The molecule has 2 aliphatic rings. The molecular weight excluding hydrogens is 298 g/mol. The summed E-state index contributed by atoms with van der Waals surface area (Å²) in [5.41, 5.74) is 0. The predicted octanol–water partition coefficient (Wildman–Crippen LogP) is 0.0346. The van der Waals surface area contributed by atoms with Gasteiger partial charge in [-0.15, -0.1) is 0 Å². The van der Waals surface area contributed by atoms with Gasteiger partial charge in [0.2, 0.25) is 5.91 Å². The van der Waals surface area contributed by atoms with Gasteiger partial charge in [0.1, 0.15) is 18.8 Å². The molecule has 0 aromatic carbocycles. The summed E-state index contributed by atoms with van der Waals surface area (Å²) in [7, 11) is 0. The highest BCUT2D eigenvalue weighted by Crippen LogP contribution is 2.13. The average Bonchev–Trinajstić information content (AvgIpc) is 3.09. The SMILES string of the molecule is O=C(COC[C@@H]1CCCCO1)N1CCN(Cc2ncn[nH]2)CC1. The number of nitrogens with zero attached hydrogens (tertiary/aromatic N) is 4. The van der Waals surface area contributed by atoms with Gasteiger partial charge in [0.15, 0.2) is 0 Å². The second kappa shape index (κ2) is 8.37. The Morgan fingerprint density at radius 3 is 2.91 bits per heavy atom. The summed E-state index contributed by atoms with van der Waals surface area (Å²) in [5.74, 6) is 0.931. The van der Waals surface area contributed by atoms with E-state index >= 15 is 0 Å². The zero-order valence-corrected chi connectivity index (χ0v) is 13.4. The summed E-state index contributed by atoms with van der Waals surface area (Å²) in [5, 5.41) is 6.71. The van der Waals surface area contributed by atoms with Crippen LogP contribution in [0.15, 0.2) is 6.33 Å². The Morgan fingerprint density at radius 1 is 1.35 bits per heavy atom. The van der Waals surface area contributed by atoms with Crippen molar-refractivity contribution in [2.24, 2.45) is 0 Å². The summed E-state index contributed by atoms with van der Waals surface area (Å²) in [6, 6.07) is 0. The van der Waals surface area contributed by atoms with E-state index in [4.69, 9.17) is 9.47 Å². The number of H-pyrrole nitrogens is 1. The number of hydrogen-bond acceptors (Lipinski definition) is 6. The van der Waals surface area contributed by atoms with Crippen molar-refractivity contribution in [3.05, 3.63) is 12.2 Å². The van der Waals surface area contributed by atoms with E-state index in [1.54, 1.807) is 0 Å². The molecule has 128 valence electrons. The van der Waals surface area contributed by atoms with E-state index in [-0.39, 0.29) is 18.6 Å². The molecule has 1 aromatic rings. The van der Waals surface area contributed by atoms with E-state index in [0.29, 0.717) is 6.61 Å². The van der Waals surface area contributed by atoms with Crippen molar-refractivity contribution in [2.75, 3.05) is 46.0 Å². The molecule has 0 saturated carbocycles. The molecule has 0 spiro atoms. The molecule has 23 heavy (non-hydrogen) atoms. The maximum atomic E-state index is 12.2. The molecule has 2 saturated heterocycles. The lowest BCUT2D eigenvalue weighted by Crippen LogP contribution is -2.49. The molecular formula is C15H25N5O3. The standard InChI is InChI=1S/C15H25N5O3/c21-15(11-22-10-13-3-1-2-8-23-13)20-6-4-19(5-7-20)9-14-16-12-17-18-14/h12-13H,1-11H2,(H,16,17,18)/t13-/m0/s1. The molecule has 0 unspecified atom stereocenters. The number of aromatic nitrogens is 3. The number of nitrogens with one attached hydrogen (secondary N) is 1. The van der Waals surface area contributed by atoms with E-state index in [1.807, 2.05) is 4.90 Å².